The summed E-state index contributed by atoms with van der Waals surface area (Å²) in [6, 6.07) is 3.66. The number of aliphatic hydroxyl groups is 1. The molecule has 0 aliphatic heterocycles. The number of hydrogen-bond acceptors (Lipinski definition) is 5. The number of tetrazole rings is 1. The van der Waals surface area contributed by atoms with Gasteiger partial charge in [0.1, 0.15) is 0 Å². The zero-order chi connectivity index (χ0) is 11.9. The Kier molecular flexibility index (Phi) is 2.34. The molecule has 2 heterocycles. The van der Waals surface area contributed by atoms with E-state index < -0.39 is 6.10 Å². The van der Waals surface area contributed by atoms with Gasteiger partial charge in [-0.3, -0.25) is 0 Å². The van der Waals surface area contributed by atoms with Crippen LogP contribution in [0, 0.1) is 0 Å². The van der Waals surface area contributed by atoms with Gasteiger partial charge in [-0.05, 0) is 36.3 Å². The Morgan fingerprint density at radius 3 is 3.12 bits per heavy atom. The molecule has 1 aliphatic carbocycles. The molecule has 0 spiro atoms. The van der Waals surface area contributed by atoms with Gasteiger partial charge in [-0.15, -0.1) is 5.10 Å². The van der Waals surface area contributed by atoms with E-state index >= 15 is 0 Å². The molecule has 1 atom stereocenters. The SMILES string of the molecule is CC1(NC[C@H](O)c2ccc3nnnn3c2)CC1. The van der Waals surface area contributed by atoms with Crippen molar-refractivity contribution in [3.05, 3.63) is 23.9 Å². The topological polar surface area (TPSA) is 75.3 Å². The van der Waals surface area contributed by atoms with Crippen molar-refractivity contribution < 1.29 is 5.11 Å². The van der Waals surface area contributed by atoms with E-state index in [9.17, 15) is 5.11 Å². The lowest BCUT2D eigenvalue weighted by Gasteiger charge is -2.16. The first kappa shape index (κ1) is 10.6. The molecule has 3 rings (SSSR count). The molecule has 17 heavy (non-hydrogen) atoms. The summed E-state index contributed by atoms with van der Waals surface area (Å²) in [5, 5.41) is 24.6. The quantitative estimate of drug-likeness (QED) is 0.794. The Bertz CT molecular complexity index is 533. The van der Waals surface area contributed by atoms with E-state index in [0.29, 0.717) is 12.2 Å². The number of hydrogen-bond donors (Lipinski definition) is 2. The Morgan fingerprint density at radius 2 is 2.35 bits per heavy atom. The second kappa shape index (κ2) is 3.75. The van der Waals surface area contributed by atoms with Crippen LogP contribution in [-0.2, 0) is 0 Å². The van der Waals surface area contributed by atoms with Gasteiger partial charge in [0.15, 0.2) is 5.65 Å². The fraction of sp³-hybridized carbons (Fsp3) is 0.545. The average molecular weight is 233 g/mol. The van der Waals surface area contributed by atoms with Gasteiger partial charge in [0.25, 0.3) is 0 Å². The maximum absolute atomic E-state index is 10.1. The summed E-state index contributed by atoms with van der Waals surface area (Å²) in [6.07, 6.45) is 3.61. The molecule has 2 N–H and O–H groups in total. The van der Waals surface area contributed by atoms with Crippen molar-refractivity contribution in [2.45, 2.75) is 31.4 Å². The van der Waals surface area contributed by atoms with Gasteiger partial charge in [-0.1, -0.05) is 6.07 Å². The van der Waals surface area contributed by atoms with Crippen LogP contribution in [0.25, 0.3) is 5.65 Å². The first-order valence-electron chi connectivity index (χ1n) is 5.77. The fourth-order valence-electron chi connectivity index (χ4n) is 1.78. The van der Waals surface area contributed by atoms with E-state index in [1.54, 1.807) is 16.8 Å². The number of rotatable bonds is 4. The molecule has 0 unspecified atom stereocenters. The van der Waals surface area contributed by atoms with Gasteiger partial charge in [0, 0.05) is 23.8 Å². The van der Waals surface area contributed by atoms with Crippen LogP contribution in [0.2, 0.25) is 0 Å². The van der Waals surface area contributed by atoms with Crippen LogP contribution in [0.15, 0.2) is 18.3 Å². The molecule has 6 heteroatoms. The van der Waals surface area contributed by atoms with Gasteiger partial charge in [0.2, 0.25) is 0 Å². The average Bonchev–Trinajstić information content (AvgIpc) is 2.90. The first-order valence-corrected chi connectivity index (χ1v) is 5.77. The standard InChI is InChI=1S/C11H15N5O/c1-11(4-5-11)12-6-9(17)8-2-3-10-13-14-15-16(10)7-8/h2-3,7,9,12,17H,4-6H2,1H3/t9-/m0/s1. The number of nitrogens with one attached hydrogen (secondary N) is 1. The normalized spacial score (nSPS) is 19.4. The third-order valence-electron chi connectivity index (χ3n) is 3.32. The van der Waals surface area contributed by atoms with Crippen LogP contribution >= 0.6 is 0 Å². The van der Waals surface area contributed by atoms with Crippen molar-refractivity contribution >= 4 is 5.65 Å². The molecule has 2 aromatic rings. The number of aromatic nitrogens is 4. The van der Waals surface area contributed by atoms with E-state index in [2.05, 4.69) is 27.8 Å². The van der Waals surface area contributed by atoms with Crippen LogP contribution in [0.5, 0.6) is 0 Å². The highest BCUT2D eigenvalue weighted by molar-refractivity contribution is 5.36. The van der Waals surface area contributed by atoms with Crippen molar-refractivity contribution in [3.63, 3.8) is 0 Å². The van der Waals surface area contributed by atoms with Gasteiger partial charge in [0.05, 0.1) is 6.10 Å². The summed E-state index contributed by atoms with van der Waals surface area (Å²) in [4.78, 5) is 0. The number of aliphatic hydroxyl groups excluding tert-OH is 1. The highest BCUT2D eigenvalue weighted by Crippen LogP contribution is 2.34. The lowest BCUT2D eigenvalue weighted by molar-refractivity contribution is 0.168. The predicted molar refractivity (Wildman–Crippen MR) is 61.4 cm³/mol. The van der Waals surface area contributed by atoms with E-state index in [0.717, 1.165) is 5.56 Å². The van der Waals surface area contributed by atoms with Crippen molar-refractivity contribution in [1.82, 2.24) is 25.4 Å². The Hall–Kier alpha value is -1.53. The van der Waals surface area contributed by atoms with Gasteiger partial charge in [-0.25, -0.2) is 4.52 Å². The second-order valence-corrected chi connectivity index (χ2v) is 4.90. The molecule has 1 saturated carbocycles. The minimum atomic E-state index is -0.527. The van der Waals surface area contributed by atoms with Crippen LogP contribution in [0.3, 0.4) is 0 Å². The summed E-state index contributed by atoms with van der Waals surface area (Å²) in [5.41, 5.74) is 1.74. The Labute approximate surface area is 98.6 Å². The molecular weight excluding hydrogens is 218 g/mol. The highest BCUT2D eigenvalue weighted by Gasteiger charge is 2.36. The number of β-amino-alcohol motifs (C(OH)–C–C–N with tert-alkyl or cyclic N) is 1. The monoisotopic (exact) mass is 233 g/mol. The van der Waals surface area contributed by atoms with Gasteiger partial charge < -0.3 is 10.4 Å². The van der Waals surface area contributed by atoms with Crippen molar-refractivity contribution in [2.24, 2.45) is 0 Å². The molecule has 6 nitrogen and oxygen atoms in total. The van der Waals surface area contributed by atoms with Crippen LogP contribution in [0.4, 0.5) is 0 Å². The largest absolute Gasteiger partial charge is 0.387 e. The summed E-state index contributed by atoms with van der Waals surface area (Å²) >= 11 is 0. The summed E-state index contributed by atoms with van der Waals surface area (Å²) in [5.74, 6) is 0. The Balaban J connectivity index is 1.73. The van der Waals surface area contributed by atoms with Crippen LogP contribution in [0.1, 0.15) is 31.4 Å². The molecule has 0 radical (unpaired) electrons. The molecule has 0 saturated heterocycles. The maximum Gasteiger partial charge on any atom is 0.179 e. The Morgan fingerprint density at radius 1 is 1.53 bits per heavy atom. The summed E-state index contributed by atoms with van der Waals surface area (Å²) in [6.45, 7) is 2.73. The lowest BCUT2D eigenvalue weighted by Crippen LogP contribution is -2.32. The van der Waals surface area contributed by atoms with E-state index in [4.69, 9.17) is 0 Å². The van der Waals surface area contributed by atoms with Crippen molar-refractivity contribution in [3.8, 4) is 0 Å². The smallest absolute Gasteiger partial charge is 0.179 e. The number of nitrogens with zero attached hydrogens (tertiary/aromatic N) is 4. The molecule has 90 valence electrons. The van der Waals surface area contributed by atoms with Crippen LogP contribution in [-0.4, -0.2) is 37.2 Å². The van der Waals surface area contributed by atoms with E-state index in [1.165, 1.54) is 12.8 Å². The van der Waals surface area contributed by atoms with Gasteiger partial charge in [-0.2, -0.15) is 0 Å². The zero-order valence-corrected chi connectivity index (χ0v) is 9.67. The summed E-state index contributed by atoms with van der Waals surface area (Å²) in [7, 11) is 0. The minimum absolute atomic E-state index is 0.236. The zero-order valence-electron chi connectivity index (χ0n) is 9.67. The second-order valence-electron chi connectivity index (χ2n) is 4.90. The highest BCUT2D eigenvalue weighted by atomic mass is 16.3. The van der Waals surface area contributed by atoms with Gasteiger partial charge >= 0.3 is 0 Å². The van der Waals surface area contributed by atoms with Crippen molar-refractivity contribution in [2.75, 3.05) is 6.54 Å². The van der Waals surface area contributed by atoms with E-state index in [1.807, 2.05) is 6.07 Å². The maximum atomic E-state index is 10.1. The third kappa shape index (κ3) is 2.13. The first-order chi connectivity index (χ1) is 8.16. The molecule has 0 aromatic carbocycles. The van der Waals surface area contributed by atoms with Crippen LogP contribution < -0.4 is 5.32 Å². The molecular formula is C11H15N5O. The lowest BCUT2D eigenvalue weighted by atomic mass is 10.1. The number of pyridine rings is 1. The molecule has 0 bridgehead atoms. The third-order valence-corrected chi connectivity index (χ3v) is 3.32. The van der Waals surface area contributed by atoms with Crippen molar-refractivity contribution in [1.29, 1.82) is 0 Å². The summed E-state index contributed by atoms with van der Waals surface area (Å²) < 4.78 is 1.57. The predicted octanol–water partition coefficient (Wildman–Crippen LogP) is 0.300. The number of fused-ring (bicyclic) bond motifs is 1. The molecule has 1 aliphatic rings. The fourth-order valence-corrected chi connectivity index (χ4v) is 1.78. The van der Waals surface area contributed by atoms with E-state index in [-0.39, 0.29) is 5.54 Å². The molecule has 1 fully saturated rings. The molecule has 0 amide bonds. The minimum Gasteiger partial charge on any atom is -0.387 e. The molecule has 2 aromatic heterocycles.